The Hall–Kier alpha value is -3.00. The summed E-state index contributed by atoms with van der Waals surface area (Å²) in [6.07, 6.45) is 25.3. The Morgan fingerprint density at radius 1 is 0.330 bits per heavy atom. The molecule has 24 heteroatoms. The van der Waals surface area contributed by atoms with E-state index in [1.54, 1.807) is 42.2 Å². The van der Waals surface area contributed by atoms with E-state index < -0.39 is 23.9 Å². The van der Waals surface area contributed by atoms with Crippen LogP contribution in [0.1, 0.15) is 203 Å². The summed E-state index contributed by atoms with van der Waals surface area (Å²) < 4.78 is 43.1. The molecule has 0 radical (unpaired) electrons. The minimum absolute atomic E-state index is 0.0147. The summed E-state index contributed by atoms with van der Waals surface area (Å²) >= 11 is 6.13. The Morgan fingerprint density at radius 2 is 0.571 bits per heavy atom. The summed E-state index contributed by atoms with van der Waals surface area (Å²) in [5.74, 6) is -0.299. The predicted molar refractivity (Wildman–Crippen MR) is 370 cm³/mol. The lowest BCUT2D eigenvalue weighted by Gasteiger charge is -2.35. The SMILES string of the molecule is CCCCCCCCSC(C)C(=O)OCCOC(=O)CCN(CCCN1CCN(CCCN(CCC(=O)OCCOC(=O)C(C)SCCCCCCCC)CCC(=O)OCCOC(=O)C(C)SCCCCCCCC)CC1)CCC(=O)OCCOC(=O)C(C)SC. The van der Waals surface area contributed by atoms with Gasteiger partial charge in [-0.2, -0.15) is 11.8 Å². The molecule has 91 heavy (non-hydrogen) atoms. The topological polar surface area (TPSA) is 223 Å². The maximum absolute atomic E-state index is 12.9. The Bertz CT molecular complexity index is 1850. The van der Waals surface area contributed by atoms with E-state index in [2.05, 4.69) is 40.4 Å². The van der Waals surface area contributed by atoms with E-state index in [4.69, 9.17) is 37.9 Å². The van der Waals surface area contributed by atoms with Crippen molar-refractivity contribution in [1.82, 2.24) is 19.6 Å². The molecule has 1 rings (SSSR count). The fourth-order valence-electron chi connectivity index (χ4n) is 9.62. The summed E-state index contributed by atoms with van der Waals surface area (Å²) in [6.45, 7) is 21.4. The van der Waals surface area contributed by atoms with Crippen LogP contribution in [-0.4, -0.2) is 243 Å². The van der Waals surface area contributed by atoms with E-state index in [0.29, 0.717) is 39.3 Å². The standard InChI is InChI=1S/C67H122N4O16S4/c1-9-12-15-18-21-24-53-89-57(5)65(77)85-50-46-81-61(73)30-38-68(37-29-60(72)80-45-49-84-64(76)56(4)88-8)33-27-35-70-41-43-71(44-42-70)36-28-34-69(39-31-62(74)82-47-51-86-66(78)58(6)90-54-25-22-19-16-13-10-2)40-32-63(75)83-48-52-87-67(79)59(7)91-55-26-23-20-17-14-11-3/h56-59H,9-55H2,1-8H3. The molecule has 0 bridgehead atoms. The molecule has 0 aliphatic carbocycles. The van der Waals surface area contributed by atoms with Gasteiger partial charge in [-0.15, -0.1) is 35.3 Å². The van der Waals surface area contributed by atoms with Crippen LogP contribution in [0.5, 0.6) is 0 Å². The summed E-state index contributed by atoms with van der Waals surface area (Å²) in [5, 5.41) is -1.19. The first kappa shape index (κ1) is 86.0. The van der Waals surface area contributed by atoms with Crippen LogP contribution in [0.4, 0.5) is 0 Å². The second-order valence-electron chi connectivity index (χ2n) is 23.3. The number of esters is 8. The molecule has 0 N–H and O–H groups in total. The number of carbonyl (C=O) groups is 8. The van der Waals surface area contributed by atoms with Crippen LogP contribution < -0.4 is 0 Å². The van der Waals surface area contributed by atoms with Gasteiger partial charge in [0, 0.05) is 52.4 Å². The fraction of sp³-hybridized carbons (Fsp3) is 0.881. The highest BCUT2D eigenvalue weighted by Crippen LogP contribution is 2.19. The monoisotopic (exact) mass is 1370 g/mol. The molecule has 1 aliphatic heterocycles. The highest BCUT2D eigenvalue weighted by molar-refractivity contribution is 8.01. The first-order valence-corrected chi connectivity index (χ1v) is 39.0. The Kier molecular flexibility index (Phi) is 56.2. The van der Waals surface area contributed by atoms with Gasteiger partial charge in [0.2, 0.25) is 0 Å². The van der Waals surface area contributed by atoms with Crippen molar-refractivity contribution in [2.24, 2.45) is 0 Å². The summed E-state index contributed by atoms with van der Waals surface area (Å²) in [6, 6.07) is 0. The van der Waals surface area contributed by atoms with Gasteiger partial charge in [0.25, 0.3) is 0 Å². The molecular formula is C67H122N4O16S4. The number of ether oxygens (including phenoxy) is 8. The minimum Gasteiger partial charge on any atom is -0.462 e. The van der Waals surface area contributed by atoms with Crippen molar-refractivity contribution in [2.45, 2.75) is 224 Å². The number of rotatable bonds is 61. The number of carbonyl (C=O) groups excluding carboxylic acids is 8. The van der Waals surface area contributed by atoms with Crippen molar-refractivity contribution in [2.75, 3.05) is 155 Å². The van der Waals surface area contributed by atoms with Gasteiger partial charge in [-0.05, 0) is 109 Å². The van der Waals surface area contributed by atoms with E-state index in [1.165, 1.54) is 88.8 Å². The Morgan fingerprint density at radius 3 is 0.835 bits per heavy atom. The highest BCUT2D eigenvalue weighted by atomic mass is 32.2. The van der Waals surface area contributed by atoms with E-state index in [-0.39, 0.29) is 123 Å². The van der Waals surface area contributed by atoms with Gasteiger partial charge in [0.15, 0.2) is 0 Å². The normalized spacial score (nSPS) is 14.1. The van der Waals surface area contributed by atoms with Crippen molar-refractivity contribution in [1.29, 1.82) is 0 Å². The zero-order chi connectivity index (χ0) is 67.0. The van der Waals surface area contributed by atoms with Crippen LogP contribution in [0, 0.1) is 0 Å². The lowest BCUT2D eigenvalue weighted by Crippen LogP contribution is -2.47. The van der Waals surface area contributed by atoms with E-state index in [1.807, 2.05) is 27.0 Å². The number of nitrogens with zero attached hydrogens (tertiary/aromatic N) is 4. The van der Waals surface area contributed by atoms with Crippen LogP contribution >= 0.6 is 47.0 Å². The zero-order valence-electron chi connectivity index (χ0n) is 57.5. The minimum atomic E-state index is -0.430. The molecule has 530 valence electrons. The van der Waals surface area contributed by atoms with Crippen LogP contribution in [0.2, 0.25) is 0 Å². The molecule has 0 spiro atoms. The number of hydrogen-bond acceptors (Lipinski definition) is 24. The van der Waals surface area contributed by atoms with Gasteiger partial charge in [0.05, 0.1) is 46.7 Å². The molecule has 1 fully saturated rings. The third-order valence-electron chi connectivity index (χ3n) is 15.5. The summed E-state index contributed by atoms with van der Waals surface area (Å²) in [7, 11) is 0. The van der Waals surface area contributed by atoms with Crippen molar-refractivity contribution in [3.63, 3.8) is 0 Å². The first-order chi connectivity index (χ1) is 44.0. The van der Waals surface area contributed by atoms with Gasteiger partial charge in [0.1, 0.15) is 52.9 Å². The number of thioether (sulfide) groups is 4. The number of unbranched alkanes of at least 4 members (excludes halogenated alkanes) is 15. The smallest absolute Gasteiger partial charge is 0.318 e. The molecule has 0 amide bonds. The lowest BCUT2D eigenvalue weighted by atomic mass is 10.1. The van der Waals surface area contributed by atoms with Gasteiger partial charge >= 0.3 is 47.8 Å². The second kappa shape index (κ2) is 59.5. The number of piperazine rings is 1. The van der Waals surface area contributed by atoms with Crippen LogP contribution in [0.3, 0.4) is 0 Å². The largest absolute Gasteiger partial charge is 0.462 e. The molecule has 0 aromatic rings. The maximum atomic E-state index is 12.9. The van der Waals surface area contributed by atoms with Gasteiger partial charge in [-0.25, -0.2) is 0 Å². The van der Waals surface area contributed by atoms with Crippen molar-refractivity contribution < 1.29 is 76.3 Å². The van der Waals surface area contributed by atoms with Crippen LogP contribution in [-0.2, 0) is 76.3 Å². The van der Waals surface area contributed by atoms with Gasteiger partial charge in [-0.3, -0.25) is 38.4 Å². The molecular weight excluding hydrogens is 1250 g/mol. The zero-order valence-corrected chi connectivity index (χ0v) is 60.8. The molecule has 1 heterocycles. The van der Waals surface area contributed by atoms with Crippen LogP contribution in [0.25, 0.3) is 0 Å². The summed E-state index contributed by atoms with van der Waals surface area (Å²) in [5.41, 5.74) is 0. The third kappa shape index (κ3) is 50.1. The Balaban J connectivity index is 2.73. The molecule has 1 aliphatic rings. The third-order valence-corrected chi connectivity index (χ3v) is 20.1. The predicted octanol–water partition coefficient (Wildman–Crippen LogP) is 11.1. The average Bonchev–Trinajstić information content (AvgIpc) is 3.75. The van der Waals surface area contributed by atoms with Crippen molar-refractivity contribution in [3.05, 3.63) is 0 Å². The molecule has 0 saturated carbocycles. The molecule has 0 aromatic carbocycles. The molecule has 4 unspecified atom stereocenters. The first-order valence-electron chi connectivity index (χ1n) is 34.6. The van der Waals surface area contributed by atoms with Crippen LogP contribution in [0.15, 0.2) is 0 Å². The van der Waals surface area contributed by atoms with Gasteiger partial charge < -0.3 is 57.5 Å². The maximum Gasteiger partial charge on any atom is 0.318 e. The van der Waals surface area contributed by atoms with E-state index >= 15 is 0 Å². The van der Waals surface area contributed by atoms with Crippen molar-refractivity contribution in [3.8, 4) is 0 Å². The lowest BCUT2D eigenvalue weighted by molar-refractivity contribution is -0.152. The average molecular weight is 1370 g/mol. The van der Waals surface area contributed by atoms with E-state index in [9.17, 15) is 38.4 Å². The summed E-state index contributed by atoms with van der Waals surface area (Å²) in [4.78, 5) is 110. The number of hydrogen-bond donors (Lipinski definition) is 0. The van der Waals surface area contributed by atoms with Gasteiger partial charge in [-0.1, -0.05) is 117 Å². The Labute approximate surface area is 566 Å². The molecule has 20 nitrogen and oxygen atoms in total. The quantitative estimate of drug-likeness (QED) is 0.0313. The van der Waals surface area contributed by atoms with E-state index in [0.717, 1.165) is 108 Å². The highest BCUT2D eigenvalue weighted by Gasteiger charge is 2.22. The van der Waals surface area contributed by atoms with Crippen molar-refractivity contribution >= 4 is 94.8 Å². The molecule has 4 atom stereocenters. The molecule has 0 aromatic heterocycles. The fourth-order valence-corrected chi connectivity index (χ4v) is 12.7. The second-order valence-corrected chi connectivity index (χ2v) is 28.9. The molecule has 1 saturated heterocycles.